The molecule has 0 amide bonds. The van der Waals surface area contributed by atoms with Crippen LogP contribution in [0.4, 0.5) is 0 Å². The predicted molar refractivity (Wildman–Crippen MR) is 98.5 cm³/mol. The maximum Gasteiger partial charge on any atom is 0.343 e. The molecule has 0 aromatic rings. The van der Waals surface area contributed by atoms with Gasteiger partial charge in [0.05, 0.1) is 11.3 Å². The van der Waals surface area contributed by atoms with Crippen LogP contribution in [-0.4, -0.2) is 36.2 Å². The Morgan fingerprint density at radius 3 is 2.71 bits per heavy atom. The minimum atomic E-state index is -0.769. The van der Waals surface area contributed by atoms with Gasteiger partial charge in [-0.2, -0.15) is 0 Å². The lowest BCUT2D eigenvalue weighted by molar-refractivity contribution is -0.144. The van der Waals surface area contributed by atoms with E-state index < -0.39 is 29.6 Å². The lowest BCUT2D eigenvalue weighted by Gasteiger charge is -2.24. The summed E-state index contributed by atoms with van der Waals surface area (Å²) in [5, 5.41) is 0. The number of rotatable bonds is 4. The first-order chi connectivity index (χ1) is 13.1. The smallest absolute Gasteiger partial charge is 0.343 e. The third-order valence-electron chi connectivity index (χ3n) is 4.93. The molecule has 7 heteroatoms. The van der Waals surface area contributed by atoms with E-state index in [0.29, 0.717) is 18.4 Å². The van der Waals surface area contributed by atoms with Crippen LogP contribution in [-0.2, 0) is 33.3 Å². The van der Waals surface area contributed by atoms with E-state index in [1.807, 2.05) is 19.9 Å². The molecule has 150 valence electrons. The molecule has 3 heterocycles. The Morgan fingerprint density at radius 1 is 1.36 bits per heavy atom. The molecule has 0 aliphatic carbocycles. The van der Waals surface area contributed by atoms with E-state index in [4.69, 9.17) is 18.9 Å². The number of carbonyl (C=O) groups is 3. The van der Waals surface area contributed by atoms with Gasteiger partial charge in [0.2, 0.25) is 0 Å². The fraction of sp³-hybridized carbons (Fsp3) is 0.476. The van der Waals surface area contributed by atoms with Crippen molar-refractivity contribution < 1.29 is 33.3 Å². The summed E-state index contributed by atoms with van der Waals surface area (Å²) < 4.78 is 22.3. The summed E-state index contributed by atoms with van der Waals surface area (Å²) in [5.41, 5.74) is 0.165. The Hall–Kier alpha value is -2.83. The van der Waals surface area contributed by atoms with Gasteiger partial charge in [0.25, 0.3) is 0 Å². The molecule has 7 nitrogen and oxygen atoms in total. The fourth-order valence-corrected chi connectivity index (χ4v) is 3.46. The molecular formula is C21H24O7. The quantitative estimate of drug-likeness (QED) is 0.416. The minimum absolute atomic E-state index is 0.0596. The van der Waals surface area contributed by atoms with Gasteiger partial charge >= 0.3 is 17.9 Å². The van der Waals surface area contributed by atoms with Crippen LogP contribution in [0.25, 0.3) is 0 Å². The predicted octanol–water partition coefficient (Wildman–Crippen LogP) is 2.88. The van der Waals surface area contributed by atoms with Gasteiger partial charge in [0.15, 0.2) is 0 Å². The molecule has 0 aromatic heterocycles. The number of esters is 3. The van der Waals surface area contributed by atoms with E-state index in [1.54, 1.807) is 13.0 Å². The summed E-state index contributed by atoms with van der Waals surface area (Å²) >= 11 is 0. The summed E-state index contributed by atoms with van der Waals surface area (Å²) in [6, 6.07) is 0. The molecule has 0 aromatic carbocycles. The third kappa shape index (κ3) is 3.88. The zero-order chi connectivity index (χ0) is 20.6. The molecule has 3 aliphatic heterocycles. The van der Waals surface area contributed by atoms with Crippen LogP contribution in [0, 0.1) is 5.92 Å². The Labute approximate surface area is 163 Å². The zero-order valence-electron chi connectivity index (χ0n) is 16.5. The van der Waals surface area contributed by atoms with Crippen molar-refractivity contribution in [2.75, 3.05) is 6.61 Å². The Kier molecular flexibility index (Phi) is 5.19. The Morgan fingerprint density at radius 2 is 2.07 bits per heavy atom. The van der Waals surface area contributed by atoms with Crippen molar-refractivity contribution in [3.63, 3.8) is 0 Å². The van der Waals surface area contributed by atoms with Crippen LogP contribution >= 0.6 is 0 Å². The Balaban J connectivity index is 2.09. The van der Waals surface area contributed by atoms with Crippen LogP contribution < -0.4 is 0 Å². The molecule has 3 aliphatic rings. The van der Waals surface area contributed by atoms with Crippen molar-refractivity contribution in [3.05, 3.63) is 47.0 Å². The molecule has 0 N–H and O–H groups in total. The molecular weight excluding hydrogens is 364 g/mol. The molecule has 0 fully saturated rings. The fourth-order valence-electron chi connectivity index (χ4n) is 3.46. The van der Waals surface area contributed by atoms with Crippen molar-refractivity contribution in [2.45, 2.75) is 52.2 Å². The van der Waals surface area contributed by atoms with E-state index in [-0.39, 0.29) is 29.4 Å². The average Bonchev–Trinajstić information content (AvgIpc) is 3.12. The maximum absolute atomic E-state index is 12.5. The van der Waals surface area contributed by atoms with E-state index in [1.165, 1.54) is 6.92 Å². The van der Waals surface area contributed by atoms with Crippen LogP contribution in [0.1, 0.15) is 40.5 Å². The number of fused-ring (bicyclic) bond motifs is 3. The summed E-state index contributed by atoms with van der Waals surface area (Å²) in [6.45, 7) is 10.0. The van der Waals surface area contributed by atoms with Gasteiger partial charge in [-0.25, -0.2) is 9.59 Å². The van der Waals surface area contributed by atoms with Crippen molar-refractivity contribution in [1.29, 1.82) is 0 Å². The molecule has 2 bridgehead atoms. The van der Waals surface area contributed by atoms with E-state index in [0.717, 1.165) is 5.76 Å². The second-order valence-corrected chi connectivity index (χ2v) is 7.61. The average molecular weight is 388 g/mol. The second kappa shape index (κ2) is 7.30. The highest BCUT2D eigenvalue weighted by Gasteiger charge is 2.43. The highest BCUT2D eigenvalue weighted by Crippen LogP contribution is 2.43. The van der Waals surface area contributed by atoms with Crippen molar-refractivity contribution in [3.8, 4) is 0 Å². The van der Waals surface area contributed by atoms with Gasteiger partial charge in [-0.1, -0.05) is 13.5 Å². The zero-order valence-corrected chi connectivity index (χ0v) is 16.5. The number of allylic oxidation sites excluding steroid dienone is 1. The van der Waals surface area contributed by atoms with Gasteiger partial charge in [0, 0.05) is 36.5 Å². The van der Waals surface area contributed by atoms with Crippen LogP contribution in [0.2, 0.25) is 0 Å². The lowest BCUT2D eigenvalue weighted by Crippen LogP contribution is -2.25. The Bertz CT molecular complexity index is 845. The topological polar surface area (TPSA) is 88.1 Å². The lowest BCUT2D eigenvalue weighted by atomic mass is 9.90. The number of carbonyl (C=O) groups excluding carboxylic acids is 3. The van der Waals surface area contributed by atoms with Gasteiger partial charge in [-0.05, 0) is 26.3 Å². The van der Waals surface area contributed by atoms with Gasteiger partial charge in [0.1, 0.15) is 24.1 Å². The largest absolute Gasteiger partial charge is 0.487 e. The SMILES string of the molecule is C=C(C)C(=O)O[C@H]1C[C@H](C)C2=CC[C@@](C)(/C=C3\OC(=O)C(COC(C)=O)=C31)O2. The summed E-state index contributed by atoms with van der Waals surface area (Å²) in [5.74, 6) is -0.690. The van der Waals surface area contributed by atoms with Crippen LogP contribution in [0.15, 0.2) is 47.0 Å². The van der Waals surface area contributed by atoms with Gasteiger partial charge < -0.3 is 18.9 Å². The number of ether oxygens (including phenoxy) is 4. The second-order valence-electron chi connectivity index (χ2n) is 7.61. The van der Waals surface area contributed by atoms with E-state index in [9.17, 15) is 14.4 Å². The monoisotopic (exact) mass is 388 g/mol. The summed E-state index contributed by atoms with van der Waals surface area (Å²) in [7, 11) is 0. The normalized spacial score (nSPS) is 30.5. The molecule has 0 radical (unpaired) electrons. The standard InChI is InChI=1S/C21H24O7/c1-11(2)19(23)26-16-8-12(3)15-6-7-21(5,28-15)9-17-18(16)14(20(24)27-17)10-25-13(4)22/h6,9,12,16H,1,7-8,10H2,2-5H3/b17-9-/t12-,16-,21-/m0/s1. The first-order valence-corrected chi connectivity index (χ1v) is 9.17. The van der Waals surface area contributed by atoms with Crippen molar-refractivity contribution in [1.82, 2.24) is 0 Å². The van der Waals surface area contributed by atoms with Crippen molar-refractivity contribution >= 4 is 17.9 Å². The summed E-state index contributed by atoms with van der Waals surface area (Å²) in [6.07, 6.45) is 3.98. The molecule has 0 spiro atoms. The minimum Gasteiger partial charge on any atom is -0.487 e. The van der Waals surface area contributed by atoms with E-state index in [2.05, 4.69) is 6.58 Å². The summed E-state index contributed by atoms with van der Waals surface area (Å²) in [4.78, 5) is 36.0. The number of hydrogen-bond acceptors (Lipinski definition) is 7. The first kappa shape index (κ1) is 19.9. The highest BCUT2D eigenvalue weighted by atomic mass is 16.6. The van der Waals surface area contributed by atoms with E-state index >= 15 is 0 Å². The van der Waals surface area contributed by atoms with Gasteiger partial charge in [-0.3, -0.25) is 4.79 Å². The molecule has 0 saturated carbocycles. The molecule has 0 saturated heterocycles. The number of hydrogen-bond donors (Lipinski definition) is 0. The maximum atomic E-state index is 12.5. The molecule has 28 heavy (non-hydrogen) atoms. The molecule has 3 atom stereocenters. The molecule has 0 unspecified atom stereocenters. The van der Waals surface area contributed by atoms with Crippen molar-refractivity contribution in [2.24, 2.45) is 5.92 Å². The van der Waals surface area contributed by atoms with Crippen LogP contribution in [0.5, 0.6) is 0 Å². The van der Waals surface area contributed by atoms with Crippen LogP contribution in [0.3, 0.4) is 0 Å². The first-order valence-electron chi connectivity index (χ1n) is 9.17. The third-order valence-corrected chi connectivity index (χ3v) is 4.93. The van der Waals surface area contributed by atoms with Gasteiger partial charge in [-0.15, -0.1) is 0 Å². The highest BCUT2D eigenvalue weighted by molar-refractivity contribution is 5.96. The molecule has 3 rings (SSSR count).